The molecule has 1 amide bonds. The van der Waals surface area contributed by atoms with Gasteiger partial charge in [0.05, 0.1) is 13.1 Å². The normalized spacial score (nSPS) is 12.7. The average molecular weight is 256 g/mol. The van der Waals surface area contributed by atoms with E-state index in [1.165, 1.54) is 0 Å². The lowest BCUT2D eigenvalue weighted by Gasteiger charge is -2.36. The van der Waals surface area contributed by atoms with E-state index in [2.05, 4.69) is 0 Å². The molecule has 18 heavy (non-hydrogen) atoms. The van der Waals surface area contributed by atoms with Crippen molar-refractivity contribution in [3.05, 3.63) is 0 Å². The van der Waals surface area contributed by atoms with Gasteiger partial charge in [-0.1, -0.05) is 20.8 Å². The van der Waals surface area contributed by atoms with Gasteiger partial charge in [0, 0.05) is 25.0 Å². The predicted octanol–water partition coefficient (Wildman–Crippen LogP) is 1.79. The van der Waals surface area contributed by atoms with Crippen molar-refractivity contribution in [2.75, 3.05) is 27.2 Å². The zero-order valence-corrected chi connectivity index (χ0v) is 13.1. The van der Waals surface area contributed by atoms with Crippen LogP contribution in [0.1, 0.15) is 41.5 Å². The van der Waals surface area contributed by atoms with E-state index in [1.807, 2.05) is 46.4 Å². The molecule has 0 rings (SSSR count). The molecule has 0 heterocycles. The molecule has 0 saturated heterocycles. The lowest BCUT2D eigenvalue weighted by Crippen LogP contribution is -2.50. The Balaban J connectivity index is 4.84. The molecule has 4 heteroatoms. The minimum atomic E-state index is -0.370. The minimum Gasteiger partial charge on any atom is -0.348 e. The van der Waals surface area contributed by atoms with Gasteiger partial charge < -0.3 is 4.90 Å². The smallest absolute Gasteiger partial charge is 0.236 e. The molecule has 0 aliphatic heterocycles. The van der Waals surface area contributed by atoms with Crippen molar-refractivity contribution in [2.24, 2.45) is 5.41 Å². The summed E-state index contributed by atoms with van der Waals surface area (Å²) < 4.78 is 0. The molecule has 4 nitrogen and oxygen atoms in total. The predicted molar refractivity (Wildman–Crippen MR) is 74.5 cm³/mol. The maximum atomic E-state index is 12.1. The second-order valence-corrected chi connectivity index (χ2v) is 6.99. The molecule has 0 aliphatic carbocycles. The van der Waals surface area contributed by atoms with Crippen molar-refractivity contribution >= 4 is 11.7 Å². The molecule has 106 valence electrons. The van der Waals surface area contributed by atoms with Crippen molar-refractivity contribution < 1.29 is 9.59 Å². The second kappa shape index (κ2) is 5.83. The SMILES string of the molecule is CN(C)C(=O)CN(CC(=O)C(C)(C)C)C(C)(C)C. The zero-order valence-electron chi connectivity index (χ0n) is 13.1. The Labute approximate surface area is 111 Å². The maximum absolute atomic E-state index is 12.1. The highest BCUT2D eigenvalue weighted by atomic mass is 16.2. The first-order chi connectivity index (χ1) is 7.85. The zero-order chi connectivity index (χ0) is 14.7. The maximum Gasteiger partial charge on any atom is 0.236 e. The first-order valence-corrected chi connectivity index (χ1v) is 6.34. The quantitative estimate of drug-likeness (QED) is 0.770. The molecular formula is C14H28N2O2. The first kappa shape index (κ1) is 17.1. The molecule has 0 aliphatic rings. The Bertz CT molecular complexity index is 309. The number of ketones is 1. The lowest BCUT2D eigenvalue weighted by molar-refractivity contribution is -0.134. The second-order valence-electron chi connectivity index (χ2n) is 6.99. The number of carbonyl (C=O) groups is 2. The molecule has 0 fully saturated rings. The highest BCUT2D eigenvalue weighted by Gasteiger charge is 2.30. The van der Waals surface area contributed by atoms with E-state index >= 15 is 0 Å². The van der Waals surface area contributed by atoms with Gasteiger partial charge in [0.25, 0.3) is 0 Å². The van der Waals surface area contributed by atoms with E-state index in [-0.39, 0.29) is 29.2 Å². The number of nitrogens with zero attached hydrogens (tertiary/aromatic N) is 2. The Hall–Kier alpha value is -0.900. The van der Waals surface area contributed by atoms with Gasteiger partial charge in [0.2, 0.25) is 5.91 Å². The molecule has 0 aromatic heterocycles. The summed E-state index contributed by atoms with van der Waals surface area (Å²) in [5.41, 5.74) is -0.572. The summed E-state index contributed by atoms with van der Waals surface area (Å²) in [7, 11) is 3.46. The van der Waals surface area contributed by atoms with Gasteiger partial charge in [0.15, 0.2) is 5.78 Å². The third-order valence-electron chi connectivity index (χ3n) is 2.94. The van der Waals surface area contributed by atoms with Gasteiger partial charge in [0.1, 0.15) is 0 Å². The van der Waals surface area contributed by atoms with Gasteiger partial charge >= 0.3 is 0 Å². The van der Waals surface area contributed by atoms with E-state index in [1.54, 1.807) is 19.0 Å². The molecule has 0 atom stereocenters. The van der Waals surface area contributed by atoms with Crippen LogP contribution in [-0.4, -0.2) is 54.2 Å². The number of carbonyl (C=O) groups excluding carboxylic acids is 2. The van der Waals surface area contributed by atoms with Crippen molar-refractivity contribution in [2.45, 2.75) is 47.1 Å². The number of amides is 1. The fourth-order valence-electron chi connectivity index (χ4n) is 1.25. The summed E-state index contributed by atoms with van der Waals surface area (Å²) >= 11 is 0. The van der Waals surface area contributed by atoms with E-state index in [0.29, 0.717) is 6.54 Å². The van der Waals surface area contributed by atoms with E-state index in [4.69, 9.17) is 0 Å². The van der Waals surface area contributed by atoms with E-state index in [9.17, 15) is 9.59 Å². The first-order valence-electron chi connectivity index (χ1n) is 6.34. The summed E-state index contributed by atoms with van der Waals surface area (Å²) in [5, 5.41) is 0. The van der Waals surface area contributed by atoms with Crippen LogP contribution in [0.15, 0.2) is 0 Å². The molecule has 0 unspecified atom stereocenters. The summed E-state index contributed by atoms with van der Waals surface area (Å²) in [6, 6.07) is 0. The molecule has 0 saturated carbocycles. The topological polar surface area (TPSA) is 40.6 Å². The van der Waals surface area contributed by atoms with Crippen LogP contribution in [0.5, 0.6) is 0 Å². The van der Waals surface area contributed by atoms with Crippen molar-refractivity contribution in [3.8, 4) is 0 Å². The van der Waals surface area contributed by atoms with Gasteiger partial charge in [-0.3, -0.25) is 14.5 Å². The fraction of sp³-hybridized carbons (Fsp3) is 0.857. The Morgan fingerprint density at radius 3 is 1.61 bits per heavy atom. The summed E-state index contributed by atoms with van der Waals surface area (Å²) in [6.07, 6.45) is 0. The van der Waals surface area contributed by atoms with E-state index < -0.39 is 0 Å². The van der Waals surface area contributed by atoms with Gasteiger partial charge in [-0.15, -0.1) is 0 Å². The van der Waals surface area contributed by atoms with Crippen LogP contribution in [0, 0.1) is 5.41 Å². The Morgan fingerprint density at radius 1 is 0.889 bits per heavy atom. The monoisotopic (exact) mass is 256 g/mol. The molecule has 0 bridgehead atoms. The Kier molecular flexibility index (Phi) is 5.54. The lowest BCUT2D eigenvalue weighted by atomic mass is 9.89. The van der Waals surface area contributed by atoms with Crippen LogP contribution in [0.3, 0.4) is 0 Å². The minimum absolute atomic E-state index is 0.0200. The summed E-state index contributed by atoms with van der Waals surface area (Å²) in [5.74, 6) is 0.176. The standard InChI is InChI=1S/C14H28N2O2/c1-13(2,3)11(17)9-16(14(4,5)6)10-12(18)15(7)8/h9-10H2,1-8H3. The summed E-state index contributed by atoms with van der Waals surface area (Å²) in [4.78, 5) is 27.4. The van der Waals surface area contributed by atoms with Crippen molar-refractivity contribution in [1.82, 2.24) is 9.80 Å². The number of hydrogen-bond acceptors (Lipinski definition) is 3. The third-order valence-corrected chi connectivity index (χ3v) is 2.94. The van der Waals surface area contributed by atoms with Crippen molar-refractivity contribution in [1.29, 1.82) is 0 Å². The number of hydrogen-bond donors (Lipinski definition) is 0. The van der Waals surface area contributed by atoms with Crippen LogP contribution >= 0.6 is 0 Å². The number of likely N-dealkylation sites (N-methyl/N-ethyl adjacent to an activating group) is 1. The van der Waals surface area contributed by atoms with Crippen LogP contribution in [-0.2, 0) is 9.59 Å². The van der Waals surface area contributed by atoms with E-state index in [0.717, 1.165) is 0 Å². The molecule has 0 spiro atoms. The molecule has 0 aromatic rings. The fourth-order valence-corrected chi connectivity index (χ4v) is 1.25. The molecule has 0 N–H and O–H groups in total. The van der Waals surface area contributed by atoms with Crippen LogP contribution in [0.25, 0.3) is 0 Å². The van der Waals surface area contributed by atoms with Crippen LogP contribution in [0.2, 0.25) is 0 Å². The third kappa shape index (κ3) is 5.63. The van der Waals surface area contributed by atoms with Crippen LogP contribution in [0.4, 0.5) is 0 Å². The highest BCUT2D eigenvalue weighted by Crippen LogP contribution is 2.19. The van der Waals surface area contributed by atoms with Crippen LogP contribution < -0.4 is 0 Å². The van der Waals surface area contributed by atoms with Gasteiger partial charge in [-0.25, -0.2) is 0 Å². The number of Topliss-reactive ketones (excluding diaryl/α,β-unsaturated/α-hetero) is 1. The highest BCUT2D eigenvalue weighted by molar-refractivity contribution is 5.86. The summed E-state index contributed by atoms with van der Waals surface area (Å²) in [6.45, 7) is 12.4. The Morgan fingerprint density at radius 2 is 1.33 bits per heavy atom. The molecule has 0 radical (unpaired) electrons. The van der Waals surface area contributed by atoms with Gasteiger partial charge in [-0.05, 0) is 20.8 Å². The average Bonchev–Trinajstić information content (AvgIpc) is 2.12. The number of rotatable bonds is 4. The van der Waals surface area contributed by atoms with Crippen molar-refractivity contribution in [3.63, 3.8) is 0 Å². The van der Waals surface area contributed by atoms with Gasteiger partial charge in [-0.2, -0.15) is 0 Å². The molecule has 0 aromatic carbocycles. The largest absolute Gasteiger partial charge is 0.348 e. The molecular weight excluding hydrogens is 228 g/mol.